The van der Waals surface area contributed by atoms with Crippen LogP contribution in [0.15, 0.2) is 30.6 Å². The molecule has 3 heterocycles. The molecule has 142 valence electrons. The van der Waals surface area contributed by atoms with Gasteiger partial charge in [-0.1, -0.05) is 0 Å². The Balaban J connectivity index is 1.56. The third-order valence-corrected chi connectivity index (χ3v) is 5.08. The SMILES string of the molecule is CC1(C)CCC(c2cnc(Nc3c[nH]c4cc(F)c(F)cc34)cc2F)CO1. The van der Waals surface area contributed by atoms with Crippen LogP contribution >= 0.6 is 0 Å². The lowest BCUT2D eigenvalue weighted by atomic mass is 9.87. The van der Waals surface area contributed by atoms with Gasteiger partial charge >= 0.3 is 0 Å². The van der Waals surface area contributed by atoms with Gasteiger partial charge in [-0.3, -0.25) is 0 Å². The summed E-state index contributed by atoms with van der Waals surface area (Å²) >= 11 is 0. The number of rotatable bonds is 3. The first-order valence-corrected chi connectivity index (χ1v) is 8.85. The molecule has 4 nitrogen and oxygen atoms in total. The summed E-state index contributed by atoms with van der Waals surface area (Å²) in [7, 11) is 0. The van der Waals surface area contributed by atoms with Crippen LogP contribution in [0.1, 0.15) is 38.2 Å². The number of nitrogens with zero attached hydrogens (tertiary/aromatic N) is 1. The summed E-state index contributed by atoms with van der Waals surface area (Å²) in [5.41, 5.74) is 1.29. The standard InChI is InChI=1S/C20H20F3N3O/c1-20(2)4-3-11(10-27-20)13-8-25-19(7-14(13)21)26-18-9-24-17-6-16(23)15(22)5-12(17)18/h5-9,11,24H,3-4,10H2,1-2H3,(H,25,26). The fourth-order valence-corrected chi connectivity index (χ4v) is 3.42. The molecule has 1 saturated heterocycles. The Bertz CT molecular complexity index is 990. The van der Waals surface area contributed by atoms with Gasteiger partial charge in [-0.05, 0) is 32.8 Å². The first-order valence-electron chi connectivity index (χ1n) is 8.85. The van der Waals surface area contributed by atoms with Crippen molar-refractivity contribution < 1.29 is 17.9 Å². The number of pyridine rings is 1. The minimum absolute atomic E-state index is 0.0234. The van der Waals surface area contributed by atoms with Gasteiger partial charge in [0.2, 0.25) is 0 Å². The van der Waals surface area contributed by atoms with Crippen LogP contribution in [0.4, 0.5) is 24.7 Å². The maximum atomic E-state index is 14.6. The molecule has 1 atom stereocenters. The molecule has 2 N–H and O–H groups in total. The van der Waals surface area contributed by atoms with Crippen molar-refractivity contribution in [2.75, 3.05) is 11.9 Å². The average Bonchev–Trinajstić information content (AvgIpc) is 2.98. The smallest absolute Gasteiger partial charge is 0.160 e. The molecule has 27 heavy (non-hydrogen) atoms. The van der Waals surface area contributed by atoms with Gasteiger partial charge in [0.05, 0.1) is 23.4 Å². The summed E-state index contributed by atoms with van der Waals surface area (Å²) in [6.45, 7) is 4.52. The molecule has 0 spiro atoms. The molecule has 0 saturated carbocycles. The van der Waals surface area contributed by atoms with Crippen molar-refractivity contribution in [3.05, 3.63) is 53.6 Å². The van der Waals surface area contributed by atoms with E-state index in [0.29, 0.717) is 34.6 Å². The Morgan fingerprint density at radius 1 is 1.15 bits per heavy atom. The third-order valence-electron chi connectivity index (χ3n) is 5.08. The van der Waals surface area contributed by atoms with Crippen molar-refractivity contribution >= 4 is 22.4 Å². The number of ether oxygens (including phenoxy) is 1. The number of aromatic nitrogens is 2. The number of nitrogens with one attached hydrogen (secondary N) is 2. The van der Waals surface area contributed by atoms with E-state index in [9.17, 15) is 13.2 Å². The molecule has 1 fully saturated rings. The first-order chi connectivity index (χ1) is 12.8. The predicted octanol–water partition coefficient (Wildman–Crippen LogP) is 5.40. The van der Waals surface area contributed by atoms with Crippen LogP contribution in [0.2, 0.25) is 0 Å². The van der Waals surface area contributed by atoms with Crippen LogP contribution < -0.4 is 5.32 Å². The second kappa shape index (κ2) is 6.56. The van der Waals surface area contributed by atoms with Gasteiger partial charge < -0.3 is 15.0 Å². The zero-order valence-electron chi connectivity index (χ0n) is 15.1. The maximum Gasteiger partial charge on any atom is 0.160 e. The number of fused-ring (bicyclic) bond motifs is 1. The van der Waals surface area contributed by atoms with Gasteiger partial charge in [-0.15, -0.1) is 0 Å². The van der Waals surface area contributed by atoms with Crippen LogP contribution in [0, 0.1) is 17.5 Å². The molecule has 3 aromatic rings. The van der Waals surface area contributed by atoms with Crippen LogP contribution in [-0.2, 0) is 4.74 Å². The van der Waals surface area contributed by atoms with Crippen LogP contribution in [-0.4, -0.2) is 22.2 Å². The molecule has 4 rings (SSSR count). The molecular weight excluding hydrogens is 355 g/mol. The molecule has 0 bridgehead atoms. The highest BCUT2D eigenvalue weighted by Crippen LogP contribution is 2.35. The minimum Gasteiger partial charge on any atom is -0.375 e. The molecule has 0 aliphatic carbocycles. The van der Waals surface area contributed by atoms with Gasteiger partial charge in [0.25, 0.3) is 0 Å². The Morgan fingerprint density at radius 3 is 2.63 bits per heavy atom. The second-order valence-electron chi connectivity index (χ2n) is 7.54. The van der Waals surface area contributed by atoms with Crippen LogP contribution in [0.5, 0.6) is 0 Å². The summed E-state index contributed by atoms with van der Waals surface area (Å²) in [5, 5.41) is 3.42. The molecule has 0 radical (unpaired) electrons. The summed E-state index contributed by atoms with van der Waals surface area (Å²) in [6, 6.07) is 3.49. The van der Waals surface area contributed by atoms with Gasteiger partial charge in [0.1, 0.15) is 11.6 Å². The van der Waals surface area contributed by atoms with E-state index in [-0.39, 0.29) is 17.3 Å². The number of benzene rings is 1. The zero-order valence-corrected chi connectivity index (χ0v) is 15.1. The van der Waals surface area contributed by atoms with E-state index in [1.54, 1.807) is 6.20 Å². The normalized spacial score (nSPS) is 19.4. The highest BCUT2D eigenvalue weighted by atomic mass is 19.2. The van der Waals surface area contributed by atoms with Crippen molar-refractivity contribution in [3.63, 3.8) is 0 Å². The van der Waals surface area contributed by atoms with Crippen molar-refractivity contribution in [3.8, 4) is 0 Å². The molecule has 1 unspecified atom stereocenters. The van der Waals surface area contributed by atoms with E-state index in [1.807, 2.05) is 13.8 Å². The predicted molar refractivity (Wildman–Crippen MR) is 97.7 cm³/mol. The number of halogens is 3. The second-order valence-corrected chi connectivity index (χ2v) is 7.54. The Labute approximate surface area is 154 Å². The topological polar surface area (TPSA) is 49.9 Å². The van der Waals surface area contributed by atoms with E-state index in [1.165, 1.54) is 12.3 Å². The summed E-state index contributed by atoms with van der Waals surface area (Å²) in [6.07, 6.45) is 4.77. The number of anilines is 2. The summed E-state index contributed by atoms with van der Waals surface area (Å²) < 4.78 is 47.3. The molecule has 1 aliphatic rings. The quantitative estimate of drug-likeness (QED) is 0.645. The van der Waals surface area contributed by atoms with Crippen molar-refractivity contribution in [2.45, 2.75) is 38.2 Å². The van der Waals surface area contributed by atoms with Crippen molar-refractivity contribution in [2.24, 2.45) is 0 Å². The van der Waals surface area contributed by atoms with Crippen LogP contribution in [0.3, 0.4) is 0 Å². The number of hydrogen-bond acceptors (Lipinski definition) is 3. The molecule has 2 aromatic heterocycles. The number of H-pyrrole nitrogens is 1. The summed E-state index contributed by atoms with van der Waals surface area (Å²) in [5.74, 6) is -1.97. The van der Waals surface area contributed by atoms with E-state index in [0.717, 1.165) is 25.0 Å². The molecule has 7 heteroatoms. The highest BCUT2D eigenvalue weighted by Gasteiger charge is 2.30. The van der Waals surface area contributed by atoms with Gasteiger partial charge in [0.15, 0.2) is 11.6 Å². The minimum atomic E-state index is -0.945. The van der Waals surface area contributed by atoms with Crippen molar-refractivity contribution in [1.82, 2.24) is 9.97 Å². The largest absolute Gasteiger partial charge is 0.375 e. The van der Waals surface area contributed by atoms with E-state index in [4.69, 9.17) is 4.74 Å². The van der Waals surface area contributed by atoms with E-state index in [2.05, 4.69) is 15.3 Å². The molecular formula is C20H20F3N3O. The lowest BCUT2D eigenvalue weighted by Crippen LogP contribution is -2.33. The number of hydrogen-bond donors (Lipinski definition) is 2. The Hall–Kier alpha value is -2.54. The van der Waals surface area contributed by atoms with Gasteiger partial charge in [-0.2, -0.15) is 0 Å². The van der Waals surface area contributed by atoms with Crippen LogP contribution in [0.25, 0.3) is 10.9 Å². The molecule has 1 aromatic carbocycles. The average molecular weight is 375 g/mol. The lowest BCUT2D eigenvalue weighted by molar-refractivity contribution is -0.0615. The Morgan fingerprint density at radius 2 is 1.93 bits per heavy atom. The maximum absolute atomic E-state index is 14.6. The molecule has 0 amide bonds. The number of aromatic amines is 1. The summed E-state index contributed by atoms with van der Waals surface area (Å²) in [4.78, 5) is 7.14. The highest BCUT2D eigenvalue weighted by molar-refractivity contribution is 5.93. The van der Waals surface area contributed by atoms with Crippen molar-refractivity contribution in [1.29, 1.82) is 0 Å². The molecule has 1 aliphatic heterocycles. The Kier molecular flexibility index (Phi) is 4.34. The zero-order chi connectivity index (χ0) is 19.2. The lowest BCUT2D eigenvalue weighted by Gasteiger charge is -2.35. The third kappa shape index (κ3) is 3.51. The first kappa shape index (κ1) is 17.9. The van der Waals surface area contributed by atoms with Gasteiger partial charge in [0, 0.05) is 41.4 Å². The van der Waals surface area contributed by atoms with E-state index < -0.39 is 11.6 Å². The van der Waals surface area contributed by atoms with E-state index >= 15 is 0 Å². The monoisotopic (exact) mass is 375 g/mol. The fraction of sp³-hybridized carbons (Fsp3) is 0.350. The fourth-order valence-electron chi connectivity index (χ4n) is 3.42. The van der Waals surface area contributed by atoms with Gasteiger partial charge in [-0.25, -0.2) is 18.2 Å².